The number of methoxy groups -OCH3 is 1. The highest BCUT2D eigenvalue weighted by Gasteiger charge is 2.36. The molecule has 1 unspecified atom stereocenters. The molecule has 2 aliphatic rings. The highest BCUT2D eigenvalue weighted by Crippen LogP contribution is 2.26. The number of oxime groups is 1. The van der Waals surface area contributed by atoms with Crippen molar-refractivity contribution in [3.8, 4) is 11.5 Å². The lowest BCUT2D eigenvalue weighted by atomic mass is 10.0. The van der Waals surface area contributed by atoms with Crippen LogP contribution in [0, 0.1) is 0 Å². The van der Waals surface area contributed by atoms with Crippen molar-refractivity contribution in [3.05, 3.63) is 54.1 Å². The summed E-state index contributed by atoms with van der Waals surface area (Å²) in [5.41, 5.74) is 1.45. The number of rotatable bonds is 7. The van der Waals surface area contributed by atoms with Crippen molar-refractivity contribution >= 4 is 21.6 Å². The molecule has 33 heavy (non-hydrogen) atoms. The quantitative estimate of drug-likeness (QED) is 0.611. The normalized spacial score (nSPS) is 19.0. The van der Waals surface area contributed by atoms with Crippen LogP contribution in [0.5, 0.6) is 11.5 Å². The lowest BCUT2D eigenvalue weighted by molar-refractivity contribution is -0.143. The van der Waals surface area contributed by atoms with Crippen molar-refractivity contribution in [2.45, 2.75) is 24.3 Å². The Morgan fingerprint density at radius 3 is 2.45 bits per heavy atom. The summed E-state index contributed by atoms with van der Waals surface area (Å²) in [5, 5.41) is 4.10. The molecule has 0 aromatic heterocycles. The van der Waals surface area contributed by atoms with E-state index in [4.69, 9.17) is 14.3 Å². The van der Waals surface area contributed by atoms with Crippen molar-refractivity contribution in [2.24, 2.45) is 5.16 Å². The number of hydrogen-bond donors (Lipinski definition) is 0. The molecular formula is C23H27N3O6S. The summed E-state index contributed by atoms with van der Waals surface area (Å²) in [6.07, 6.45) is -0.386. The van der Waals surface area contributed by atoms with Gasteiger partial charge in [0, 0.05) is 38.2 Å². The summed E-state index contributed by atoms with van der Waals surface area (Å²) in [6.45, 7) is 3.39. The molecule has 0 spiro atoms. The van der Waals surface area contributed by atoms with Crippen LogP contribution in [-0.4, -0.2) is 75.2 Å². The van der Waals surface area contributed by atoms with Gasteiger partial charge in [0.2, 0.25) is 16.1 Å². The number of hydrogen-bond acceptors (Lipinski definition) is 7. The topological polar surface area (TPSA) is 97.7 Å². The van der Waals surface area contributed by atoms with E-state index in [9.17, 15) is 13.2 Å². The van der Waals surface area contributed by atoms with E-state index in [0.717, 1.165) is 5.56 Å². The summed E-state index contributed by atoms with van der Waals surface area (Å²) in [7, 11) is -2.06. The number of para-hydroxylation sites is 1. The largest absolute Gasteiger partial charge is 0.496 e. The third-order valence-corrected chi connectivity index (χ3v) is 7.60. The van der Waals surface area contributed by atoms with Crippen molar-refractivity contribution in [3.63, 3.8) is 0 Å². The predicted octanol–water partition coefficient (Wildman–Crippen LogP) is 2.12. The number of carbonyl (C=O) groups excluding carboxylic acids is 1. The minimum absolute atomic E-state index is 0.193. The summed E-state index contributed by atoms with van der Waals surface area (Å²) >= 11 is 0. The maximum Gasteiger partial charge on any atom is 0.266 e. The first-order chi connectivity index (χ1) is 15.9. The van der Waals surface area contributed by atoms with Crippen LogP contribution in [-0.2, 0) is 19.7 Å². The molecule has 2 aliphatic heterocycles. The number of carbonyl (C=O) groups is 1. The number of amides is 1. The molecule has 1 saturated heterocycles. The zero-order chi connectivity index (χ0) is 23.4. The third-order valence-electron chi connectivity index (χ3n) is 5.69. The minimum atomic E-state index is -3.64. The molecule has 1 fully saturated rings. The van der Waals surface area contributed by atoms with Crippen LogP contribution in [0.4, 0.5) is 0 Å². The molecule has 1 amide bonds. The SMILES string of the molecule is CCOc1ccc(S(=O)(=O)N2CCN(C(=O)C3CC(c4ccccc4OC)=NO3)CC2)cc1. The van der Waals surface area contributed by atoms with E-state index >= 15 is 0 Å². The first kappa shape index (κ1) is 23.1. The molecule has 2 aromatic carbocycles. The zero-order valence-corrected chi connectivity index (χ0v) is 19.5. The van der Waals surface area contributed by atoms with Crippen LogP contribution >= 0.6 is 0 Å². The molecular weight excluding hydrogens is 446 g/mol. The van der Waals surface area contributed by atoms with Gasteiger partial charge in [-0.2, -0.15) is 4.31 Å². The van der Waals surface area contributed by atoms with Gasteiger partial charge in [-0.1, -0.05) is 17.3 Å². The Bertz CT molecular complexity index is 1130. The van der Waals surface area contributed by atoms with Gasteiger partial charge < -0.3 is 19.2 Å². The second-order valence-electron chi connectivity index (χ2n) is 7.67. The molecule has 0 N–H and O–H groups in total. The van der Waals surface area contributed by atoms with Gasteiger partial charge in [-0.3, -0.25) is 4.79 Å². The Hall–Kier alpha value is -3.11. The fourth-order valence-corrected chi connectivity index (χ4v) is 5.35. The number of sulfonamides is 1. The average Bonchev–Trinajstić information content (AvgIpc) is 3.34. The summed E-state index contributed by atoms with van der Waals surface area (Å²) in [5.74, 6) is 1.10. The molecule has 2 heterocycles. The van der Waals surface area contributed by atoms with Gasteiger partial charge in [0.05, 0.1) is 24.3 Å². The van der Waals surface area contributed by atoms with Crippen LogP contribution in [0.3, 0.4) is 0 Å². The summed E-state index contributed by atoms with van der Waals surface area (Å²) < 4.78 is 38.1. The van der Waals surface area contributed by atoms with Crippen molar-refractivity contribution in [1.82, 2.24) is 9.21 Å². The van der Waals surface area contributed by atoms with Gasteiger partial charge in [0.25, 0.3) is 5.91 Å². The number of piperazine rings is 1. The second kappa shape index (κ2) is 9.80. The Morgan fingerprint density at radius 1 is 1.09 bits per heavy atom. The lowest BCUT2D eigenvalue weighted by Crippen LogP contribution is -2.52. The molecule has 0 bridgehead atoms. The Morgan fingerprint density at radius 2 is 1.79 bits per heavy atom. The maximum absolute atomic E-state index is 13.0. The van der Waals surface area contributed by atoms with Gasteiger partial charge in [0.1, 0.15) is 11.5 Å². The van der Waals surface area contributed by atoms with Crippen LogP contribution in [0.25, 0.3) is 0 Å². The fraction of sp³-hybridized carbons (Fsp3) is 0.391. The standard InChI is InChI=1S/C23H27N3O6S/c1-3-31-17-8-10-18(11-9-17)33(28,29)26-14-12-25(13-15-26)23(27)22-16-20(24-32-22)19-6-4-5-7-21(19)30-2/h4-11,22H,3,12-16H2,1-2H3. The molecule has 2 aromatic rings. The van der Waals surface area contributed by atoms with E-state index in [1.807, 2.05) is 31.2 Å². The molecule has 9 nitrogen and oxygen atoms in total. The van der Waals surface area contributed by atoms with Crippen molar-refractivity contribution in [2.75, 3.05) is 39.9 Å². The Labute approximate surface area is 193 Å². The minimum Gasteiger partial charge on any atom is -0.496 e. The van der Waals surface area contributed by atoms with E-state index in [1.165, 1.54) is 4.31 Å². The predicted molar refractivity (Wildman–Crippen MR) is 122 cm³/mol. The number of ether oxygens (including phenoxy) is 2. The van der Waals surface area contributed by atoms with Crippen molar-refractivity contribution < 1.29 is 27.5 Å². The fourth-order valence-electron chi connectivity index (χ4n) is 3.93. The van der Waals surface area contributed by atoms with Gasteiger partial charge in [-0.25, -0.2) is 8.42 Å². The van der Waals surface area contributed by atoms with Crippen LogP contribution in [0.2, 0.25) is 0 Å². The van der Waals surface area contributed by atoms with E-state index in [2.05, 4.69) is 5.16 Å². The second-order valence-corrected chi connectivity index (χ2v) is 9.61. The van der Waals surface area contributed by atoms with Gasteiger partial charge in [-0.15, -0.1) is 0 Å². The first-order valence-corrected chi connectivity index (χ1v) is 12.3. The molecule has 1 atom stereocenters. The van der Waals surface area contributed by atoms with Crippen molar-refractivity contribution in [1.29, 1.82) is 0 Å². The number of nitrogens with zero attached hydrogens (tertiary/aromatic N) is 3. The summed E-state index contributed by atoms with van der Waals surface area (Å²) in [6, 6.07) is 13.8. The van der Waals surface area contributed by atoms with Gasteiger partial charge >= 0.3 is 0 Å². The monoisotopic (exact) mass is 473 g/mol. The van der Waals surface area contributed by atoms with E-state index < -0.39 is 16.1 Å². The van der Waals surface area contributed by atoms with Crippen LogP contribution < -0.4 is 9.47 Å². The third kappa shape index (κ3) is 4.81. The Kier molecular flexibility index (Phi) is 6.85. The van der Waals surface area contributed by atoms with E-state index in [0.29, 0.717) is 43.3 Å². The average molecular weight is 474 g/mol. The molecule has 0 radical (unpaired) electrons. The highest BCUT2D eigenvalue weighted by atomic mass is 32.2. The first-order valence-electron chi connectivity index (χ1n) is 10.8. The zero-order valence-electron chi connectivity index (χ0n) is 18.6. The number of benzene rings is 2. The highest BCUT2D eigenvalue weighted by molar-refractivity contribution is 7.89. The van der Waals surface area contributed by atoms with Crippen LogP contribution in [0.1, 0.15) is 18.9 Å². The van der Waals surface area contributed by atoms with Gasteiger partial charge in [0.15, 0.2) is 0 Å². The summed E-state index contributed by atoms with van der Waals surface area (Å²) in [4.78, 5) is 20.2. The van der Waals surface area contributed by atoms with Crippen LogP contribution in [0.15, 0.2) is 58.6 Å². The molecule has 4 rings (SSSR count). The molecule has 176 valence electrons. The smallest absolute Gasteiger partial charge is 0.266 e. The van der Waals surface area contributed by atoms with Gasteiger partial charge in [-0.05, 0) is 43.3 Å². The maximum atomic E-state index is 13.0. The lowest BCUT2D eigenvalue weighted by Gasteiger charge is -2.34. The van der Waals surface area contributed by atoms with E-state index in [1.54, 1.807) is 36.3 Å². The molecule has 0 aliphatic carbocycles. The Balaban J connectivity index is 1.35. The van der Waals surface area contributed by atoms with E-state index in [-0.39, 0.29) is 23.9 Å². The molecule has 10 heteroatoms. The molecule has 0 saturated carbocycles.